The van der Waals surface area contributed by atoms with Crippen molar-refractivity contribution < 1.29 is 51.3 Å². The number of aliphatic hydroxyl groups excluding tert-OH is 3. The summed E-state index contributed by atoms with van der Waals surface area (Å²) in [5.74, 6) is -0.262. The summed E-state index contributed by atoms with van der Waals surface area (Å²) in [5, 5.41) is 29.7. The van der Waals surface area contributed by atoms with Crippen LogP contribution in [0, 0.1) is 12.3 Å². The molecule has 3 amide bonds. The number of carbonyl (C=O) groups excluding carboxylic acids is 2. The molecular weight excluding hydrogens is 596 g/mol. The lowest BCUT2D eigenvalue weighted by Crippen LogP contribution is -2.58. The number of amides is 3. The standard InChI is InChI=1S/C30H35F6N3O5/c1-18-5-3-4-6-22(18)25-23-16-28(7-11-40,8-12-41)26(43)38(23)9-10-39(25)27(44)37(2)24(17-42)19-13-20(29(31,32)33)15-21(14-19)30(34,35)36/h3-6,13-15,23-25,40-42H,7-12,16-17H2,1-2H3/t23-,24+,25-/m0/s1. The van der Waals surface area contributed by atoms with Crippen LogP contribution in [-0.4, -0.2) is 88.0 Å². The van der Waals surface area contributed by atoms with Crippen LogP contribution in [0.5, 0.6) is 0 Å². The van der Waals surface area contributed by atoms with Crippen molar-refractivity contribution in [3.8, 4) is 0 Å². The molecule has 0 saturated carbocycles. The number of rotatable bonds is 8. The predicted octanol–water partition coefficient (Wildman–Crippen LogP) is 4.53. The van der Waals surface area contributed by atoms with Crippen molar-refractivity contribution in [2.24, 2.45) is 5.41 Å². The third-order valence-corrected chi connectivity index (χ3v) is 8.87. The number of fused-ring (bicyclic) bond motifs is 1. The maximum Gasteiger partial charge on any atom is 0.416 e. The molecule has 2 heterocycles. The van der Waals surface area contributed by atoms with E-state index in [1.54, 1.807) is 23.1 Å². The van der Waals surface area contributed by atoms with E-state index in [-0.39, 0.29) is 57.5 Å². The lowest BCUT2D eigenvalue weighted by Gasteiger charge is -2.47. The number of urea groups is 1. The third-order valence-electron chi connectivity index (χ3n) is 8.87. The second-order valence-electron chi connectivity index (χ2n) is 11.4. The molecular formula is C30H35F6N3O5. The van der Waals surface area contributed by atoms with Crippen LogP contribution in [0.4, 0.5) is 31.1 Å². The van der Waals surface area contributed by atoms with Crippen LogP contribution < -0.4 is 0 Å². The lowest BCUT2D eigenvalue weighted by molar-refractivity contribution is -0.143. The van der Waals surface area contributed by atoms with Crippen molar-refractivity contribution >= 4 is 11.9 Å². The van der Waals surface area contributed by atoms with Gasteiger partial charge in [0.15, 0.2) is 0 Å². The molecule has 0 aliphatic carbocycles. The highest BCUT2D eigenvalue weighted by Crippen LogP contribution is 2.49. The summed E-state index contributed by atoms with van der Waals surface area (Å²) < 4.78 is 81.5. The molecule has 3 atom stereocenters. The van der Waals surface area contributed by atoms with Crippen molar-refractivity contribution in [3.63, 3.8) is 0 Å². The van der Waals surface area contributed by atoms with Crippen LogP contribution in [0.1, 0.15) is 59.2 Å². The van der Waals surface area contributed by atoms with Crippen molar-refractivity contribution in [2.45, 2.75) is 56.7 Å². The molecule has 0 aromatic heterocycles. The van der Waals surface area contributed by atoms with E-state index in [4.69, 9.17) is 0 Å². The van der Waals surface area contributed by atoms with Crippen molar-refractivity contribution in [1.82, 2.24) is 14.7 Å². The number of hydrogen-bond acceptors (Lipinski definition) is 5. The first-order valence-corrected chi connectivity index (χ1v) is 14.1. The first-order chi connectivity index (χ1) is 20.6. The molecule has 3 N–H and O–H groups in total. The first kappa shape index (κ1) is 33.5. The third kappa shape index (κ3) is 6.24. The molecule has 2 aliphatic rings. The van der Waals surface area contributed by atoms with E-state index < -0.39 is 65.2 Å². The van der Waals surface area contributed by atoms with Crippen molar-refractivity contribution in [3.05, 3.63) is 70.3 Å². The summed E-state index contributed by atoms with van der Waals surface area (Å²) in [4.78, 5) is 31.7. The summed E-state index contributed by atoms with van der Waals surface area (Å²) in [7, 11) is 1.19. The normalized spacial score (nSPS) is 20.9. The Morgan fingerprint density at radius 1 is 0.977 bits per heavy atom. The van der Waals surface area contributed by atoms with Gasteiger partial charge in [0.25, 0.3) is 0 Å². The minimum Gasteiger partial charge on any atom is -0.396 e. The molecule has 0 bridgehead atoms. The largest absolute Gasteiger partial charge is 0.416 e. The van der Waals surface area contributed by atoms with Gasteiger partial charge in [-0.3, -0.25) is 4.79 Å². The molecule has 14 heteroatoms. The summed E-state index contributed by atoms with van der Waals surface area (Å²) >= 11 is 0. The van der Waals surface area contributed by atoms with Crippen LogP contribution in [-0.2, 0) is 17.1 Å². The van der Waals surface area contributed by atoms with Gasteiger partial charge in [-0.1, -0.05) is 24.3 Å². The fourth-order valence-electron chi connectivity index (χ4n) is 6.60. The minimum atomic E-state index is -5.12. The summed E-state index contributed by atoms with van der Waals surface area (Å²) in [6.45, 7) is 0.296. The second-order valence-corrected chi connectivity index (χ2v) is 11.4. The number of carbonyl (C=O) groups is 2. The number of piperazine rings is 1. The number of aryl methyl sites for hydroxylation is 1. The molecule has 2 aromatic rings. The Hall–Kier alpha value is -3.36. The zero-order valence-electron chi connectivity index (χ0n) is 24.2. The fourth-order valence-corrected chi connectivity index (χ4v) is 6.60. The van der Waals surface area contributed by atoms with E-state index in [2.05, 4.69) is 0 Å². The van der Waals surface area contributed by atoms with E-state index >= 15 is 0 Å². The monoisotopic (exact) mass is 631 g/mol. The van der Waals surface area contributed by atoms with Gasteiger partial charge in [-0.05, 0) is 61.1 Å². The van der Waals surface area contributed by atoms with Crippen molar-refractivity contribution in [1.29, 1.82) is 0 Å². The van der Waals surface area contributed by atoms with Crippen molar-refractivity contribution in [2.75, 3.05) is 40.0 Å². The number of hydrogen-bond donors (Lipinski definition) is 3. The number of halogens is 6. The summed E-state index contributed by atoms with van der Waals surface area (Å²) in [5.41, 5.74) is -3.29. The topological polar surface area (TPSA) is 105 Å². The highest BCUT2D eigenvalue weighted by atomic mass is 19.4. The highest BCUT2D eigenvalue weighted by molar-refractivity contribution is 5.86. The van der Waals surface area contributed by atoms with Gasteiger partial charge in [-0.15, -0.1) is 0 Å². The van der Waals surface area contributed by atoms with Gasteiger partial charge in [0.1, 0.15) is 0 Å². The second kappa shape index (κ2) is 12.6. The van der Waals surface area contributed by atoms with Crippen LogP contribution >= 0.6 is 0 Å². The summed E-state index contributed by atoms with van der Waals surface area (Å²) in [6.07, 6.45) is -9.84. The van der Waals surface area contributed by atoms with E-state index in [1.165, 1.54) is 11.9 Å². The molecule has 2 fully saturated rings. The van der Waals surface area contributed by atoms with Gasteiger partial charge in [0, 0.05) is 33.4 Å². The average molecular weight is 632 g/mol. The Bertz CT molecular complexity index is 1330. The SMILES string of the molecule is Cc1ccccc1[C@H]1[C@@H]2CC(CCO)(CCO)C(=O)N2CCN1C(=O)N(C)[C@H](CO)c1cc(C(F)(F)F)cc(C(F)(F)F)c1. The molecule has 8 nitrogen and oxygen atoms in total. The number of nitrogens with zero attached hydrogens (tertiary/aromatic N) is 3. The van der Waals surface area contributed by atoms with E-state index in [9.17, 15) is 51.3 Å². The minimum absolute atomic E-state index is 0.0185. The predicted molar refractivity (Wildman–Crippen MR) is 146 cm³/mol. The molecule has 242 valence electrons. The maximum absolute atomic E-state index is 14.1. The van der Waals surface area contributed by atoms with Gasteiger partial charge in [-0.2, -0.15) is 26.3 Å². The lowest BCUT2D eigenvalue weighted by atomic mass is 9.77. The molecule has 2 aliphatic heterocycles. The maximum atomic E-state index is 14.1. The zero-order chi connectivity index (χ0) is 32.6. The smallest absolute Gasteiger partial charge is 0.396 e. The quantitative estimate of drug-likeness (QED) is 0.372. The molecule has 2 saturated heterocycles. The Morgan fingerprint density at radius 3 is 2.05 bits per heavy atom. The van der Waals surface area contributed by atoms with Crippen LogP contribution in [0.2, 0.25) is 0 Å². The van der Waals surface area contributed by atoms with Gasteiger partial charge in [0.05, 0.1) is 41.3 Å². The van der Waals surface area contributed by atoms with Crippen LogP contribution in [0.15, 0.2) is 42.5 Å². The highest BCUT2D eigenvalue weighted by Gasteiger charge is 2.56. The molecule has 0 radical (unpaired) electrons. The molecule has 2 aromatic carbocycles. The number of alkyl halides is 6. The van der Waals surface area contributed by atoms with Gasteiger partial charge < -0.3 is 30.0 Å². The zero-order valence-corrected chi connectivity index (χ0v) is 24.2. The van der Waals surface area contributed by atoms with E-state index in [0.717, 1.165) is 10.5 Å². The Labute approximate surface area is 250 Å². The fraction of sp³-hybridized carbons (Fsp3) is 0.533. The first-order valence-electron chi connectivity index (χ1n) is 14.1. The Kier molecular flexibility index (Phi) is 9.57. The molecule has 4 rings (SSSR count). The average Bonchev–Trinajstić information content (AvgIpc) is 3.23. The molecule has 0 unspecified atom stereocenters. The number of benzene rings is 2. The van der Waals surface area contributed by atoms with E-state index in [0.29, 0.717) is 17.7 Å². The summed E-state index contributed by atoms with van der Waals surface area (Å²) in [6, 6.07) is 4.39. The Morgan fingerprint density at radius 2 is 1.55 bits per heavy atom. The number of aliphatic hydroxyl groups is 3. The van der Waals surface area contributed by atoms with Crippen LogP contribution in [0.3, 0.4) is 0 Å². The molecule has 0 spiro atoms. The van der Waals surface area contributed by atoms with Gasteiger partial charge in [-0.25, -0.2) is 4.79 Å². The molecule has 44 heavy (non-hydrogen) atoms. The van der Waals surface area contributed by atoms with Gasteiger partial charge in [0.2, 0.25) is 5.91 Å². The van der Waals surface area contributed by atoms with Crippen LogP contribution in [0.25, 0.3) is 0 Å². The number of likely N-dealkylation sites (N-methyl/N-ethyl adjacent to an activating group) is 1. The Balaban J connectivity index is 1.77. The van der Waals surface area contributed by atoms with E-state index in [1.807, 2.05) is 13.0 Å². The van der Waals surface area contributed by atoms with Gasteiger partial charge >= 0.3 is 18.4 Å².